The SMILES string of the molecule is C=C(C)[C@H]1CC2(C[C@H]1C)O[C@H](C)[C@@H](C)O2. The van der Waals surface area contributed by atoms with Gasteiger partial charge in [0.15, 0.2) is 5.79 Å². The lowest BCUT2D eigenvalue weighted by Gasteiger charge is -2.22. The number of hydrogen-bond acceptors (Lipinski definition) is 2. The standard InChI is InChI=1S/C13H22O2/c1-8(2)12-7-13(6-9(12)3)14-10(4)11(5)15-13/h9-12H,1,6-7H2,2-5H3/t9-,10-,11-,12-/m1/s1. The molecule has 2 fully saturated rings. The van der Waals surface area contributed by atoms with Crippen LogP contribution in [0.2, 0.25) is 0 Å². The van der Waals surface area contributed by atoms with Crippen LogP contribution in [0.5, 0.6) is 0 Å². The van der Waals surface area contributed by atoms with Crippen molar-refractivity contribution in [1.82, 2.24) is 0 Å². The zero-order valence-electron chi connectivity index (χ0n) is 10.2. The zero-order valence-corrected chi connectivity index (χ0v) is 10.2. The average Bonchev–Trinajstić information content (AvgIpc) is 2.55. The second-order valence-electron chi connectivity index (χ2n) is 5.40. The molecular weight excluding hydrogens is 188 g/mol. The fourth-order valence-corrected chi connectivity index (χ4v) is 3.00. The van der Waals surface area contributed by atoms with Crippen molar-refractivity contribution in [2.45, 2.75) is 58.5 Å². The molecule has 1 aliphatic carbocycles. The molecule has 15 heavy (non-hydrogen) atoms. The van der Waals surface area contributed by atoms with Crippen molar-refractivity contribution in [1.29, 1.82) is 0 Å². The molecule has 0 N–H and O–H groups in total. The number of allylic oxidation sites excluding steroid dienone is 1. The van der Waals surface area contributed by atoms with Gasteiger partial charge in [0, 0.05) is 12.8 Å². The summed E-state index contributed by atoms with van der Waals surface area (Å²) >= 11 is 0. The predicted octanol–water partition coefficient (Wildman–Crippen LogP) is 3.13. The molecule has 0 aromatic heterocycles. The molecular formula is C13H22O2. The van der Waals surface area contributed by atoms with Crippen molar-refractivity contribution in [3.63, 3.8) is 0 Å². The first-order valence-corrected chi connectivity index (χ1v) is 5.94. The molecule has 0 unspecified atom stereocenters. The summed E-state index contributed by atoms with van der Waals surface area (Å²) in [6.45, 7) is 12.6. The molecule has 1 heterocycles. The van der Waals surface area contributed by atoms with Gasteiger partial charge in [-0.1, -0.05) is 19.1 Å². The fraction of sp³-hybridized carbons (Fsp3) is 0.846. The van der Waals surface area contributed by atoms with Gasteiger partial charge in [-0.25, -0.2) is 0 Å². The van der Waals surface area contributed by atoms with Gasteiger partial charge in [0.25, 0.3) is 0 Å². The van der Waals surface area contributed by atoms with Gasteiger partial charge < -0.3 is 9.47 Å². The summed E-state index contributed by atoms with van der Waals surface area (Å²) in [6, 6.07) is 0. The largest absolute Gasteiger partial charge is 0.344 e. The lowest BCUT2D eigenvalue weighted by atomic mass is 9.92. The van der Waals surface area contributed by atoms with Crippen LogP contribution in [0.4, 0.5) is 0 Å². The van der Waals surface area contributed by atoms with E-state index in [1.54, 1.807) is 0 Å². The molecule has 0 bridgehead atoms. The molecule has 0 aromatic rings. The second kappa shape index (κ2) is 3.60. The molecule has 4 atom stereocenters. The highest BCUT2D eigenvalue weighted by atomic mass is 16.8. The Kier molecular flexibility index (Phi) is 2.68. The Morgan fingerprint density at radius 2 is 1.67 bits per heavy atom. The third-order valence-corrected chi connectivity index (χ3v) is 3.95. The highest BCUT2D eigenvalue weighted by Crippen LogP contribution is 2.49. The van der Waals surface area contributed by atoms with E-state index in [4.69, 9.17) is 9.47 Å². The van der Waals surface area contributed by atoms with Gasteiger partial charge in [0.05, 0.1) is 12.2 Å². The van der Waals surface area contributed by atoms with Crippen LogP contribution in [0.1, 0.15) is 40.5 Å². The quantitative estimate of drug-likeness (QED) is 0.619. The van der Waals surface area contributed by atoms with Crippen molar-refractivity contribution in [2.24, 2.45) is 11.8 Å². The minimum Gasteiger partial charge on any atom is -0.344 e. The minimum absolute atomic E-state index is 0.223. The summed E-state index contributed by atoms with van der Waals surface area (Å²) < 4.78 is 12.0. The van der Waals surface area contributed by atoms with Gasteiger partial charge in [-0.15, -0.1) is 0 Å². The second-order valence-corrected chi connectivity index (χ2v) is 5.40. The van der Waals surface area contributed by atoms with Gasteiger partial charge in [-0.3, -0.25) is 0 Å². The van der Waals surface area contributed by atoms with E-state index >= 15 is 0 Å². The summed E-state index contributed by atoms with van der Waals surface area (Å²) in [6.07, 6.45) is 2.44. The summed E-state index contributed by atoms with van der Waals surface area (Å²) in [7, 11) is 0. The van der Waals surface area contributed by atoms with E-state index in [1.807, 2.05) is 0 Å². The third kappa shape index (κ3) is 1.85. The van der Waals surface area contributed by atoms with Crippen molar-refractivity contribution in [3.05, 3.63) is 12.2 Å². The maximum absolute atomic E-state index is 6.01. The zero-order chi connectivity index (χ0) is 11.2. The molecule has 2 heteroatoms. The van der Waals surface area contributed by atoms with Gasteiger partial charge in [-0.05, 0) is 32.6 Å². The Bertz CT molecular complexity index is 262. The van der Waals surface area contributed by atoms with E-state index in [0.717, 1.165) is 12.8 Å². The molecule has 86 valence electrons. The molecule has 1 spiro atoms. The van der Waals surface area contributed by atoms with Gasteiger partial charge >= 0.3 is 0 Å². The normalized spacial score (nSPS) is 43.7. The van der Waals surface area contributed by atoms with E-state index < -0.39 is 0 Å². The third-order valence-electron chi connectivity index (χ3n) is 3.95. The van der Waals surface area contributed by atoms with Crippen LogP contribution in [0.25, 0.3) is 0 Å². The van der Waals surface area contributed by atoms with Crippen molar-refractivity contribution < 1.29 is 9.47 Å². The first-order valence-electron chi connectivity index (χ1n) is 5.94. The number of rotatable bonds is 1. The topological polar surface area (TPSA) is 18.5 Å². The Morgan fingerprint density at radius 1 is 1.13 bits per heavy atom. The van der Waals surface area contributed by atoms with E-state index in [-0.39, 0.29) is 18.0 Å². The Hall–Kier alpha value is -0.340. The number of hydrogen-bond donors (Lipinski definition) is 0. The van der Waals surface area contributed by atoms with Crippen LogP contribution in [-0.4, -0.2) is 18.0 Å². The molecule has 2 rings (SSSR count). The lowest BCUT2D eigenvalue weighted by molar-refractivity contribution is -0.169. The Morgan fingerprint density at radius 3 is 2.07 bits per heavy atom. The summed E-state index contributed by atoms with van der Waals surface area (Å²) in [5.41, 5.74) is 1.26. The van der Waals surface area contributed by atoms with Gasteiger partial charge in [-0.2, -0.15) is 0 Å². The van der Waals surface area contributed by atoms with E-state index in [0.29, 0.717) is 11.8 Å². The van der Waals surface area contributed by atoms with E-state index in [1.165, 1.54) is 5.57 Å². The van der Waals surface area contributed by atoms with Crippen LogP contribution in [0.15, 0.2) is 12.2 Å². The van der Waals surface area contributed by atoms with Gasteiger partial charge in [0.2, 0.25) is 0 Å². The van der Waals surface area contributed by atoms with Crippen molar-refractivity contribution >= 4 is 0 Å². The van der Waals surface area contributed by atoms with Crippen LogP contribution in [0, 0.1) is 11.8 Å². The number of ether oxygens (including phenoxy) is 2. The van der Waals surface area contributed by atoms with Crippen LogP contribution in [0.3, 0.4) is 0 Å². The first kappa shape index (κ1) is 11.2. The average molecular weight is 210 g/mol. The summed E-state index contributed by atoms with van der Waals surface area (Å²) in [4.78, 5) is 0. The fourth-order valence-electron chi connectivity index (χ4n) is 3.00. The highest BCUT2D eigenvalue weighted by molar-refractivity contribution is 5.06. The molecule has 0 amide bonds. The Balaban J connectivity index is 2.11. The molecule has 2 nitrogen and oxygen atoms in total. The van der Waals surface area contributed by atoms with E-state index in [9.17, 15) is 0 Å². The highest BCUT2D eigenvalue weighted by Gasteiger charge is 2.51. The molecule has 2 aliphatic rings. The van der Waals surface area contributed by atoms with Crippen LogP contribution in [-0.2, 0) is 9.47 Å². The van der Waals surface area contributed by atoms with Crippen molar-refractivity contribution in [3.8, 4) is 0 Å². The summed E-state index contributed by atoms with van der Waals surface area (Å²) in [5, 5.41) is 0. The smallest absolute Gasteiger partial charge is 0.170 e. The molecule has 0 radical (unpaired) electrons. The molecule has 1 aliphatic heterocycles. The Labute approximate surface area is 92.6 Å². The van der Waals surface area contributed by atoms with Gasteiger partial charge in [0.1, 0.15) is 0 Å². The lowest BCUT2D eigenvalue weighted by Crippen LogP contribution is -2.27. The maximum atomic E-state index is 6.01. The first-order chi connectivity index (χ1) is 6.93. The van der Waals surface area contributed by atoms with E-state index in [2.05, 4.69) is 34.3 Å². The predicted molar refractivity (Wildman–Crippen MR) is 60.5 cm³/mol. The monoisotopic (exact) mass is 210 g/mol. The summed E-state index contributed by atoms with van der Waals surface area (Å²) in [5.74, 6) is 0.879. The van der Waals surface area contributed by atoms with Crippen molar-refractivity contribution in [2.75, 3.05) is 0 Å². The maximum Gasteiger partial charge on any atom is 0.170 e. The van der Waals surface area contributed by atoms with Crippen LogP contribution >= 0.6 is 0 Å². The molecule has 1 saturated carbocycles. The molecule has 1 saturated heterocycles. The molecule has 0 aromatic carbocycles. The van der Waals surface area contributed by atoms with Crippen LogP contribution < -0.4 is 0 Å². The minimum atomic E-state index is -0.304.